The lowest BCUT2D eigenvalue weighted by molar-refractivity contribution is -0.386. The van der Waals surface area contributed by atoms with Gasteiger partial charge in [0.2, 0.25) is 0 Å². The van der Waals surface area contributed by atoms with Crippen molar-refractivity contribution < 1.29 is 9.66 Å². The van der Waals surface area contributed by atoms with Crippen LogP contribution in [0.3, 0.4) is 0 Å². The predicted octanol–water partition coefficient (Wildman–Crippen LogP) is 3.51. The molecule has 0 fully saturated rings. The lowest BCUT2D eigenvalue weighted by atomic mass is 10.3. The van der Waals surface area contributed by atoms with Gasteiger partial charge in [0, 0.05) is 6.07 Å². The number of ether oxygens (including phenoxy) is 1. The van der Waals surface area contributed by atoms with E-state index in [1.54, 1.807) is 46.8 Å². The van der Waals surface area contributed by atoms with Crippen LogP contribution in [0.4, 0.5) is 5.69 Å². The van der Waals surface area contributed by atoms with E-state index >= 15 is 0 Å². The monoisotopic (exact) mass is 401 g/mol. The third kappa shape index (κ3) is 2.91. The number of aromatic nitrogens is 6. The Morgan fingerprint density at radius 2 is 1.83 bits per heavy atom. The number of fused-ring (bicyclic) bond motifs is 3. The van der Waals surface area contributed by atoms with Gasteiger partial charge in [-0.25, -0.2) is 19.2 Å². The van der Waals surface area contributed by atoms with E-state index in [1.807, 2.05) is 30.3 Å². The molecule has 0 aliphatic carbocycles. The van der Waals surface area contributed by atoms with Gasteiger partial charge in [0.05, 0.1) is 22.2 Å². The first-order valence-corrected chi connectivity index (χ1v) is 9.16. The van der Waals surface area contributed by atoms with Gasteiger partial charge in [0.25, 0.3) is 0 Å². The van der Waals surface area contributed by atoms with E-state index in [0.717, 1.165) is 11.1 Å². The van der Waals surface area contributed by atoms with Crippen molar-refractivity contribution >= 4 is 22.4 Å². The summed E-state index contributed by atoms with van der Waals surface area (Å²) in [5.74, 6) is 0.545. The van der Waals surface area contributed by atoms with Crippen molar-refractivity contribution in [3.63, 3.8) is 0 Å². The highest BCUT2D eigenvalue weighted by Gasteiger charge is 2.21. The fourth-order valence-electron chi connectivity index (χ4n) is 3.22. The number of hydrogen-bond acceptors (Lipinski definition) is 7. The molecule has 0 saturated carbocycles. The van der Waals surface area contributed by atoms with Gasteiger partial charge in [-0.05, 0) is 25.1 Å². The van der Waals surface area contributed by atoms with Crippen LogP contribution >= 0.6 is 0 Å². The zero-order valence-corrected chi connectivity index (χ0v) is 15.8. The molecule has 0 amide bonds. The topological polar surface area (TPSA) is 113 Å². The second-order valence-electron chi connectivity index (χ2n) is 6.60. The van der Waals surface area contributed by atoms with Crippen LogP contribution < -0.4 is 4.74 Å². The average Bonchev–Trinajstić information content (AvgIpc) is 3.38. The van der Waals surface area contributed by atoms with E-state index in [0.29, 0.717) is 17.1 Å². The van der Waals surface area contributed by atoms with Crippen LogP contribution in [0.1, 0.15) is 18.9 Å². The summed E-state index contributed by atoms with van der Waals surface area (Å²) in [6, 6.07) is 15.9. The highest BCUT2D eigenvalue weighted by Crippen LogP contribution is 2.30. The van der Waals surface area contributed by atoms with E-state index in [1.165, 1.54) is 6.07 Å². The summed E-state index contributed by atoms with van der Waals surface area (Å²) >= 11 is 0. The number of rotatable bonds is 5. The van der Waals surface area contributed by atoms with Crippen LogP contribution in [-0.4, -0.2) is 34.3 Å². The number of nitro groups is 1. The molecule has 0 aliphatic rings. The molecule has 3 heterocycles. The normalized spacial score (nSPS) is 12.3. The van der Waals surface area contributed by atoms with Gasteiger partial charge >= 0.3 is 5.69 Å². The van der Waals surface area contributed by atoms with Crippen molar-refractivity contribution in [3.8, 4) is 11.4 Å². The fourth-order valence-corrected chi connectivity index (χ4v) is 3.22. The summed E-state index contributed by atoms with van der Waals surface area (Å²) in [4.78, 5) is 19.8. The van der Waals surface area contributed by atoms with E-state index in [4.69, 9.17) is 4.74 Å². The molecule has 0 spiro atoms. The van der Waals surface area contributed by atoms with E-state index in [2.05, 4.69) is 20.2 Å². The number of nitrogens with zero attached hydrogens (tertiary/aromatic N) is 7. The van der Waals surface area contributed by atoms with Gasteiger partial charge in [-0.15, -0.1) is 5.10 Å². The Bertz CT molecular complexity index is 1380. The zero-order valence-electron chi connectivity index (χ0n) is 15.8. The molecule has 0 aliphatic heterocycles. The molecule has 2 aromatic carbocycles. The molecule has 1 unspecified atom stereocenters. The van der Waals surface area contributed by atoms with Gasteiger partial charge in [0.1, 0.15) is 6.33 Å². The van der Waals surface area contributed by atoms with Crippen LogP contribution in [0.25, 0.3) is 22.4 Å². The maximum absolute atomic E-state index is 11.2. The van der Waals surface area contributed by atoms with Crippen molar-refractivity contribution in [1.82, 2.24) is 29.4 Å². The number of benzene rings is 2. The smallest absolute Gasteiger partial charge is 0.310 e. The van der Waals surface area contributed by atoms with Gasteiger partial charge in [-0.3, -0.25) is 10.1 Å². The Kier molecular flexibility index (Phi) is 4.09. The Labute approximate surface area is 169 Å². The van der Waals surface area contributed by atoms with Gasteiger partial charge < -0.3 is 4.74 Å². The second kappa shape index (κ2) is 6.92. The third-order valence-electron chi connectivity index (χ3n) is 4.65. The summed E-state index contributed by atoms with van der Waals surface area (Å²) in [6.07, 6.45) is 2.65. The predicted molar refractivity (Wildman–Crippen MR) is 108 cm³/mol. The molecular formula is C20H15N7O3. The molecule has 0 N–H and O–H groups in total. The molecule has 5 rings (SSSR count). The molecule has 1 atom stereocenters. The van der Waals surface area contributed by atoms with E-state index in [9.17, 15) is 10.1 Å². The molecule has 0 bridgehead atoms. The summed E-state index contributed by atoms with van der Waals surface area (Å²) in [6.45, 7) is 1.74. The van der Waals surface area contributed by atoms with Gasteiger partial charge in [0.15, 0.2) is 29.0 Å². The van der Waals surface area contributed by atoms with Crippen LogP contribution in [0, 0.1) is 10.1 Å². The molecule has 0 radical (unpaired) electrons. The first kappa shape index (κ1) is 17.7. The zero-order chi connectivity index (χ0) is 20.7. The van der Waals surface area contributed by atoms with Gasteiger partial charge in [-0.1, -0.05) is 30.3 Å². The quantitative estimate of drug-likeness (QED) is 0.327. The average molecular weight is 401 g/mol. The summed E-state index contributed by atoms with van der Waals surface area (Å²) in [5.41, 5.74) is 2.01. The lowest BCUT2D eigenvalue weighted by Gasteiger charge is -2.11. The van der Waals surface area contributed by atoms with E-state index in [-0.39, 0.29) is 11.4 Å². The molecular weight excluding hydrogens is 386 g/mol. The first-order chi connectivity index (χ1) is 14.6. The maximum atomic E-state index is 11.2. The van der Waals surface area contributed by atoms with Crippen LogP contribution in [0.15, 0.2) is 67.1 Å². The van der Waals surface area contributed by atoms with Crippen LogP contribution in [0.2, 0.25) is 0 Å². The van der Waals surface area contributed by atoms with Crippen molar-refractivity contribution in [1.29, 1.82) is 0 Å². The van der Waals surface area contributed by atoms with Crippen LogP contribution in [0.5, 0.6) is 5.75 Å². The van der Waals surface area contributed by atoms with Crippen molar-refractivity contribution in [3.05, 3.63) is 83.1 Å². The van der Waals surface area contributed by atoms with Crippen molar-refractivity contribution in [2.45, 2.75) is 13.0 Å². The van der Waals surface area contributed by atoms with E-state index < -0.39 is 11.0 Å². The van der Waals surface area contributed by atoms with Crippen LogP contribution in [-0.2, 0) is 0 Å². The maximum Gasteiger partial charge on any atom is 0.310 e. The lowest BCUT2D eigenvalue weighted by Crippen LogP contribution is -2.07. The summed E-state index contributed by atoms with van der Waals surface area (Å²) in [5, 5.41) is 20.8. The van der Waals surface area contributed by atoms with Crippen molar-refractivity contribution in [2.24, 2.45) is 0 Å². The summed E-state index contributed by atoms with van der Waals surface area (Å²) in [7, 11) is 0. The van der Waals surface area contributed by atoms with Gasteiger partial charge in [-0.2, -0.15) is 5.10 Å². The largest absolute Gasteiger partial charge is 0.476 e. The minimum atomic E-state index is -0.606. The Morgan fingerprint density at radius 3 is 2.63 bits per heavy atom. The molecule has 10 heteroatoms. The minimum Gasteiger partial charge on any atom is -0.476 e. The molecule has 0 saturated heterocycles. The molecule has 148 valence electrons. The Morgan fingerprint density at radius 1 is 1.07 bits per heavy atom. The Hall–Kier alpha value is -4.34. The second-order valence-corrected chi connectivity index (χ2v) is 6.60. The first-order valence-electron chi connectivity index (χ1n) is 9.16. The third-order valence-corrected chi connectivity index (χ3v) is 4.65. The standard InChI is InChI=1S/C20H15N7O3/c1-13(30-17-10-6-5-9-16(17)27(28)29)18-23-20-15-11-22-26(14-7-3-2-4-8-14)19(15)21-12-25(20)24-18/h2-13H,1H3. The Balaban J connectivity index is 1.53. The molecule has 10 nitrogen and oxygen atoms in total. The highest BCUT2D eigenvalue weighted by molar-refractivity contribution is 5.89. The van der Waals surface area contributed by atoms with Crippen molar-refractivity contribution in [2.75, 3.05) is 0 Å². The molecule has 30 heavy (non-hydrogen) atoms. The molecule has 3 aromatic heterocycles. The fraction of sp³-hybridized carbons (Fsp3) is 0.100. The molecule has 5 aromatic rings. The number of hydrogen-bond donors (Lipinski definition) is 0. The summed E-state index contributed by atoms with van der Waals surface area (Å²) < 4.78 is 9.07. The number of para-hydroxylation sites is 3. The minimum absolute atomic E-state index is 0.110. The SMILES string of the molecule is CC(Oc1ccccc1[N+](=O)[O-])c1nc2c3cnn(-c4ccccc4)c3ncn2n1. The highest BCUT2D eigenvalue weighted by atomic mass is 16.6. The number of nitro benzene ring substituents is 1.